The van der Waals surface area contributed by atoms with Gasteiger partial charge >= 0.3 is 12.1 Å². The number of halogens is 2. The van der Waals surface area contributed by atoms with Gasteiger partial charge in [0, 0.05) is 49.6 Å². The molecule has 4 N–H and O–H groups in total. The molecule has 10 heteroatoms. The van der Waals surface area contributed by atoms with Crippen LogP contribution in [0.25, 0.3) is 0 Å². The van der Waals surface area contributed by atoms with Crippen LogP contribution in [-0.2, 0) is 4.74 Å². The highest BCUT2D eigenvalue weighted by Crippen LogP contribution is 2.36. The molecule has 1 saturated carbocycles. The lowest BCUT2D eigenvalue weighted by molar-refractivity contribution is -0.00864. The van der Waals surface area contributed by atoms with E-state index in [-0.39, 0.29) is 37.2 Å². The maximum Gasteiger partial charge on any atom is 0.404 e. The van der Waals surface area contributed by atoms with Gasteiger partial charge in [-0.1, -0.05) is 43.0 Å². The highest BCUT2D eigenvalue weighted by molar-refractivity contribution is 6.30. The van der Waals surface area contributed by atoms with Crippen LogP contribution in [0.2, 0.25) is 5.02 Å². The van der Waals surface area contributed by atoms with Crippen LogP contribution in [0.1, 0.15) is 63.0 Å². The maximum atomic E-state index is 15.4. The summed E-state index contributed by atoms with van der Waals surface area (Å²) in [4.78, 5) is 25.8. The van der Waals surface area contributed by atoms with Crippen molar-refractivity contribution in [2.24, 2.45) is 5.92 Å². The maximum absolute atomic E-state index is 15.4. The van der Waals surface area contributed by atoms with E-state index in [1.165, 1.54) is 0 Å². The first-order valence-electron chi connectivity index (χ1n) is 13.0. The molecule has 2 aliphatic rings. The number of benzene rings is 1. The van der Waals surface area contributed by atoms with E-state index in [0.29, 0.717) is 43.9 Å². The predicted molar refractivity (Wildman–Crippen MR) is 138 cm³/mol. The number of carboxylic acid groups (broad SMARTS) is 1. The van der Waals surface area contributed by atoms with Crippen LogP contribution in [0.15, 0.2) is 24.3 Å². The molecule has 202 valence electrons. The second-order valence-corrected chi connectivity index (χ2v) is 10.5. The van der Waals surface area contributed by atoms with Crippen molar-refractivity contribution in [3.8, 4) is 0 Å². The van der Waals surface area contributed by atoms with Crippen molar-refractivity contribution in [2.45, 2.75) is 69.2 Å². The summed E-state index contributed by atoms with van der Waals surface area (Å²) < 4.78 is 21.5. The molecule has 2 fully saturated rings. The van der Waals surface area contributed by atoms with Crippen molar-refractivity contribution >= 4 is 23.7 Å². The quantitative estimate of drug-likeness (QED) is 0.312. The number of likely N-dealkylation sites (tertiary alicyclic amines) is 1. The van der Waals surface area contributed by atoms with E-state index in [1.54, 1.807) is 11.0 Å². The number of rotatable bonds is 11. The van der Waals surface area contributed by atoms with Crippen LogP contribution in [0, 0.1) is 5.92 Å². The second kappa shape index (κ2) is 14.0. The Kier molecular flexibility index (Phi) is 11.1. The SMILES string of the molecule is CNCC(CC1(F)CCCCC1)NC(=O)N1CCC[C@@H](C(OCCNC(=O)O)c2cccc(Cl)c2)C1. The van der Waals surface area contributed by atoms with Crippen LogP contribution in [-0.4, -0.2) is 73.7 Å². The van der Waals surface area contributed by atoms with Crippen LogP contribution in [0.5, 0.6) is 0 Å². The van der Waals surface area contributed by atoms with Gasteiger partial charge in [0.15, 0.2) is 0 Å². The predicted octanol–water partition coefficient (Wildman–Crippen LogP) is 4.74. The summed E-state index contributed by atoms with van der Waals surface area (Å²) in [6.45, 7) is 2.00. The minimum Gasteiger partial charge on any atom is -0.465 e. The first kappa shape index (κ1) is 28.5. The van der Waals surface area contributed by atoms with Crippen LogP contribution < -0.4 is 16.0 Å². The Morgan fingerprint density at radius 2 is 2.06 bits per heavy atom. The zero-order valence-electron chi connectivity index (χ0n) is 21.1. The number of carbonyl (C=O) groups is 2. The zero-order valence-corrected chi connectivity index (χ0v) is 21.9. The summed E-state index contributed by atoms with van der Waals surface area (Å²) in [7, 11) is 1.81. The number of urea groups is 1. The van der Waals surface area contributed by atoms with E-state index in [2.05, 4.69) is 16.0 Å². The van der Waals surface area contributed by atoms with Gasteiger partial charge in [-0.3, -0.25) is 0 Å². The van der Waals surface area contributed by atoms with Crippen molar-refractivity contribution in [1.82, 2.24) is 20.9 Å². The molecule has 0 radical (unpaired) electrons. The molecule has 3 rings (SSSR count). The Balaban J connectivity index is 1.64. The summed E-state index contributed by atoms with van der Waals surface area (Å²) >= 11 is 6.23. The Bertz CT molecular complexity index is 855. The molecule has 1 aromatic carbocycles. The molecule has 1 aliphatic heterocycles. The number of hydrogen-bond donors (Lipinski definition) is 4. The number of likely N-dealkylation sites (N-methyl/N-ethyl adjacent to an activating group) is 1. The fourth-order valence-electron chi connectivity index (χ4n) is 5.49. The monoisotopic (exact) mass is 526 g/mol. The van der Waals surface area contributed by atoms with E-state index in [4.69, 9.17) is 21.4 Å². The molecule has 1 aliphatic carbocycles. The highest BCUT2D eigenvalue weighted by atomic mass is 35.5. The molecule has 3 amide bonds. The highest BCUT2D eigenvalue weighted by Gasteiger charge is 2.36. The lowest BCUT2D eigenvalue weighted by atomic mass is 9.82. The summed E-state index contributed by atoms with van der Waals surface area (Å²) in [6.07, 6.45) is 4.56. The van der Waals surface area contributed by atoms with Crippen LogP contribution in [0.3, 0.4) is 0 Å². The van der Waals surface area contributed by atoms with Crippen molar-refractivity contribution < 1.29 is 23.8 Å². The van der Waals surface area contributed by atoms with Gasteiger partial charge in [0.05, 0.1) is 12.7 Å². The van der Waals surface area contributed by atoms with Crippen molar-refractivity contribution in [1.29, 1.82) is 0 Å². The Hall–Kier alpha value is -2.10. The van der Waals surface area contributed by atoms with Crippen molar-refractivity contribution in [2.75, 3.05) is 39.8 Å². The molecular weight excluding hydrogens is 487 g/mol. The van der Waals surface area contributed by atoms with E-state index in [9.17, 15) is 9.59 Å². The molecule has 0 aromatic heterocycles. The first-order valence-corrected chi connectivity index (χ1v) is 13.4. The largest absolute Gasteiger partial charge is 0.465 e. The van der Waals surface area contributed by atoms with E-state index >= 15 is 4.39 Å². The van der Waals surface area contributed by atoms with Gasteiger partial charge in [-0.05, 0) is 50.4 Å². The zero-order chi connectivity index (χ0) is 26.0. The van der Waals surface area contributed by atoms with Crippen molar-refractivity contribution in [3.63, 3.8) is 0 Å². The Morgan fingerprint density at radius 1 is 1.28 bits per heavy atom. The van der Waals surface area contributed by atoms with Gasteiger partial charge in [-0.15, -0.1) is 0 Å². The number of amides is 3. The van der Waals surface area contributed by atoms with Crippen LogP contribution >= 0.6 is 11.6 Å². The summed E-state index contributed by atoms with van der Waals surface area (Å²) in [5, 5.41) is 17.9. The topological polar surface area (TPSA) is 103 Å². The molecule has 1 saturated heterocycles. The van der Waals surface area contributed by atoms with Gasteiger partial charge in [0.2, 0.25) is 0 Å². The van der Waals surface area contributed by atoms with E-state index < -0.39 is 11.8 Å². The molecule has 2 unspecified atom stereocenters. The molecule has 36 heavy (non-hydrogen) atoms. The second-order valence-electron chi connectivity index (χ2n) is 10.0. The fourth-order valence-corrected chi connectivity index (χ4v) is 5.69. The third-order valence-corrected chi connectivity index (χ3v) is 7.40. The third-order valence-electron chi connectivity index (χ3n) is 7.17. The lowest BCUT2D eigenvalue weighted by Crippen LogP contribution is -2.53. The molecule has 0 bridgehead atoms. The van der Waals surface area contributed by atoms with Crippen LogP contribution in [0.4, 0.5) is 14.0 Å². The minimum absolute atomic E-state index is 0.0152. The number of hydrogen-bond acceptors (Lipinski definition) is 4. The number of nitrogens with one attached hydrogen (secondary N) is 3. The lowest BCUT2D eigenvalue weighted by Gasteiger charge is -2.38. The fraction of sp³-hybridized carbons (Fsp3) is 0.692. The number of ether oxygens (including phenoxy) is 1. The van der Waals surface area contributed by atoms with Gasteiger partial charge in [-0.2, -0.15) is 0 Å². The molecule has 8 nitrogen and oxygen atoms in total. The Morgan fingerprint density at radius 3 is 2.75 bits per heavy atom. The third kappa shape index (κ3) is 8.78. The molecular formula is C26H40ClFN4O4. The summed E-state index contributed by atoms with van der Waals surface area (Å²) in [6, 6.07) is 6.97. The average molecular weight is 527 g/mol. The molecule has 3 atom stereocenters. The van der Waals surface area contributed by atoms with Gasteiger partial charge in [-0.25, -0.2) is 14.0 Å². The number of carbonyl (C=O) groups excluding carboxylic acids is 1. The minimum atomic E-state index is -1.22. The van der Waals surface area contributed by atoms with E-state index in [1.807, 2.05) is 25.2 Å². The van der Waals surface area contributed by atoms with Crippen molar-refractivity contribution in [3.05, 3.63) is 34.9 Å². The molecule has 1 heterocycles. The van der Waals surface area contributed by atoms with E-state index in [0.717, 1.165) is 37.7 Å². The van der Waals surface area contributed by atoms with Gasteiger partial charge in [0.25, 0.3) is 0 Å². The summed E-state index contributed by atoms with van der Waals surface area (Å²) in [5.41, 5.74) is -0.317. The number of nitrogens with zero attached hydrogens (tertiary/aromatic N) is 1. The van der Waals surface area contributed by atoms with Gasteiger partial charge < -0.3 is 30.7 Å². The van der Waals surface area contributed by atoms with Gasteiger partial charge in [0.1, 0.15) is 5.67 Å². The molecule has 0 spiro atoms. The Labute approximate surface area is 218 Å². The standard InChI is InChI=1S/C26H40ClFN4O4/c1-29-17-22(16-26(28)10-3-2-4-11-26)31-24(33)32-13-6-8-20(18-32)23(36-14-12-30-25(34)35)19-7-5-9-21(27)15-19/h5,7,9,15,20,22-23,29-30H,2-4,6,8,10-14,16-18H2,1H3,(H,31,33)(H,34,35)/t20-,22?,23?/m1/s1. The normalized spacial score (nSPS) is 21.4. The molecule has 1 aromatic rings. The number of piperidine rings is 1. The smallest absolute Gasteiger partial charge is 0.404 e. The first-order chi connectivity index (χ1) is 17.3. The average Bonchev–Trinajstić information content (AvgIpc) is 2.84. The number of alkyl halides is 1. The summed E-state index contributed by atoms with van der Waals surface area (Å²) in [5.74, 6) is 0.0152.